The highest BCUT2D eigenvalue weighted by Crippen LogP contribution is 2.23. The van der Waals surface area contributed by atoms with Crippen LogP contribution in [0.3, 0.4) is 0 Å². The van der Waals surface area contributed by atoms with Crippen LogP contribution in [0.5, 0.6) is 0 Å². The van der Waals surface area contributed by atoms with Gasteiger partial charge in [-0.05, 0) is 12.0 Å². The maximum absolute atomic E-state index is 10.6. The van der Waals surface area contributed by atoms with E-state index >= 15 is 0 Å². The second-order valence-corrected chi connectivity index (χ2v) is 3.46. The van der Waals surface area contributed by atoms with Crippen LogP contribution < -0.4 is 4.90 Å². The quantitative estimate of drug-likeness (QED) is 0.493. The molecule has 0 N–H and O–H groups in total. The molecular formula is C7H11N5O3. The van der Waals surface area contributed by atoms with Crippen LogP contribution in [-0.4, -0.2) is 53.4 Å². The fourth-order valence-corrected chi connectivity index (χ4v) is 1.51. The summed E-state index contributed by atoms with van der Waals surface area (Å²) < 4.78 is 4.39. The van der Waals surface area contributed by atoms with Crippen molar-refractivity contribution in [2.75, 3.05) is 38.1 Å². The van der Waals surface area contributed by atoms with Gasteiger partial charge in [-0.25, -0.2) is 0 Å². The lowest BCUT2D eigenvalue weighted by Crippen LogP contribution is -2.44. The fourth-order valence-electron chi connectivity index (χ4n) is 1.51. The summed E-state index contributed by atoms with van der Waals surface area (Å²) in [5, 5.41) is 17.4. The van der Waals surface area contributed by atoms with Gasteiger partial charge in [-0.15, -0.1) is 4.63 Å². The summed E-state index contributed by atoms with van der Waals surface area (Å²) in [6.07, 6.45) is 0. The van der Waals surface area contributed by atoms with Gasteiger partial charge < -0.3 is 19.9 Å². The van der Waals surface area contributed by atoms with Crippen LogP contribution in [0.25, 0.3) is 0 Å². The van der Waals surface area contributed by atoms with Crippen molar-refractivity contribution in [1.29, 1.82) is 0 Å². The number of anilines is 1. The second kappa shape index (κ2) is 3.81. The number of nitro groups is 1. The molecule has 2 heterocycles. The highest BCUT2D eigenvalue weighted by molar-refractivity contribution is 5.51. The Bertz CT molecular complexity index is 357. The molecule has 0 amide bonds. The summed E-state index contributed by atoms with van der Waals surface area (Å²) in [6, 6.07) is 0. The van der Waals surface area contributed by atoms with Crippen LogP contribution in [0.1, 0.15) is 0 Å². The molecule has 0 saturated carbocycles. The Balaban J connectivity index is 2.15. The lowest BCUT2D eigenvalue weighted by Gasteiger charge is -2.31. The van der Waals surface area contributed by atoms with Crippen molar-refractivity contribution in [2.24, 2.45) is 0 Å². The predicted octanol–water partition coefficient (Wildman–Crippen LogP) is -0.270. The third kappa shape index (κ3) is 1.89. The van der Waals surface area contributed by atoms with Crippen LogP contribution >= 0.6 is 0 Å². The van der Waals surface area contributed by atoms with E-state index in [-0.39, 0.29) is 11.6 Å². The van der Waals surface area contributed by atoms with Crippen LogP contribution in [-0.2, 0) is 0 Å². The van der Waals surface area contributed by atoms with E-state index < -0.39 is 4.92 Å². The van der Waals surface area contributed by atoms with Crippen LogP contribution in [0.15, 0.2) is 4.63 Å². The first kappa shape index (κ1) is 9.84. The molecule has 8 nitrogen and oxygen atoms in total. The van der Waals surface area contributed by atoms with Gasteiger partial charge in [0.05, 0.1) is 0 Å². The molecule has 1 aromatic heterocycles. The van der Waals surface area contributed by atoms with Crippen molar-refractivity contribution in [2.45, 2.75) is 0 Å². The van der Waals surface area contributed by atoms with E-state index in [9.17, 15) is 10.1 Å². The normalized spacial score (nSPS) is 18.1. The Morgan fingerprint density at radius 3 is 2.60 bits per heavy atom. The van der Waals surface area contributed by atoms with E-state index in [2.05, 4.69) is 19.8 Å². The molecule has 15 heavy (non-hydrogen) atoms. The Morgan fingerprint density at radius 2 is 2.00 bits per heavy atom. The number of nitrogens with zero attached hydrogens (tertiary/aromatic N) is 5. The first-order valence-corrected chi connectivity index (χ1v) is 4.59. The SMILES string of the molecule is CN1CCN(c2nonc2[N+](=O)[O-])CC1. The Morgan fingerprint density at radius 1 is 1.33 bits per heavy atom. The molecule has 1 saturated heterocycles. The summed E-state index contributed by atoms with van der Waals surface area (Å²) >= 11 is 0. The zero-order valence-corrected chi connectivity index (χ0v) is 8.29. The third-order valence-electron chi connectivity index (χ3n) is 2.43. The van der Waals surface area contributed by atoms with Gasteiger partial charge in [0.1, 0.15) is 0 Å². The second-order valence-electron chi connectivity index (χ2n) is 3.46. The van der Waals surface area contributed by atoms with Gasteiger partial charge in [0.2, 0.25) is 0 Å². The number of aromatic nitrogens is 2. The van der Waals surface area contributed by atoms with Gasteiger partial charge in [0, 0.05) is 31.3 Å². The summed E-state index contributed by atoms with van der Waals surface area (Å²) in [7, 11) is 2.01. The predicted molar refractivity (Wildman–Crippen MR) is 50.7 cm³/mol. The van der Waals surface area contributed by atoms with Crippen molar-refractivity contribution in [3.63, 3.8) is 0 Å². The molecule has 2 rings (SSSR count). The van der Waals surface area contributed by atoms with Gasteiger partial charge in [-0.3, -0.25) is 0 Å². The molecule has 1 aliphatic rings. The van der Waals surface area contributed by atoms with Gasteiger partial charge in [0.15, 0.2) is 5.16 Å². The number of hydrogen-bond donors (Lipinski definition) is 0. The van der Waals surface area contributed by atoms with E-state index in [0.29, 0.717) is 13.1 Å². The Labute approximate surface area is 85.6 Å². The van der Waals surface area contributed by atoms with E-state index in [0.717, 1.165) is 13.1 Å². The largest absolute Gasteiger partial charge is 0.458 e. The molecule has 1 aliphatic heterocycles. The van der Waals surface area contributed by atoms with Crippen LogP contribution in [0.2, 0.25) is 0 Å². The zero-order chi connectivity index (χ0) is 10.8. The topological polar surface area (TPSA) is 88.5 Å². The van der Waals surface area contributed by atoms with Crippen LogP contribution in [0, 0.1) is 10.1 Å². The molecular weight excluding hydrogens is 202 g/mol. The molecule has 1 fully saturated rings. The lowest BCUT2D eigenvalue weighted by molar-refractivity contribution is -0.390. The van der Waals surface area contributed by atoms with Gasteiger partial charge in [-0.1, -0.05) is 0 Å². The minimum atomic E-state index is -0.579. The molecule has 0 aromatic carbocycles. The maximum Gasteiger partial charge on any atom is 0.458 e. The molecule has 0 atom stereocenters. The van der Waals surface area contributed by atoms with Crippen molar-refractivity contribution >= 4 is 11.6 Å². The van der Waals surface area contributed by atoms with E-state index in [1.165, 1.54) is 0 Å². The highest BCUT2D eigenvalue weighted by Gasteiger charge is 2.28. The fraction of sp³-hybridized carbons (Fsp3) is 0.714. The summed E-state index contributed by atoms with van der Waals surface area (Å²) in [5.74, 6) is -0.0762. The average Bonchev–Trinajstić information content (AvgIpc) is 2.67. The highest BCUT2D eigenvalue weighted by atomic mass is 16.6. The number of rotatable bonds is 2. The van der Waals surface area contributed by atoms with E-state index in [1.54, 1.807) is 0 Å². The molecule has 82 valence electrons. The smallest absolute Gasteiger partial charge is 0.358 e. The van der Waals surface area contributed by atoms with Crippen molar-refractivity contribution < 1.29 is 9.55 Å². The van der Waals surface area contributed by atoms with Gasteiger partial charge in [-0.2, -0.15) is 0 Å². The standard InChI is InChI=1S/C7H11N5O3/c1-10-2-4-11(5-3-10)6-7(12(13)14)9-15-8-6/h2-5H2,1H3. The maximum atomic E-state index is 10.6. The number of likely N-dealkylation sites (N-methyl/N-ethyl adjacent to an activating group) is 1. The zero-order valence-electron chi connectivity index (χ0n) is 8.29. The molecule has 8 heteroatoms. The van der Waals surface area contributed by atoms with Gasteiger partial charge >= 0.3 is 5.82 Å². The number of piperazine rings is 1. The minimum absolute atomic E-state index is 0.230. The molecule has 1 aromatic rings. The van der Waals surface area contributed by atoms with Crippen molar-refractivity contribution in [1.82, 2.24) is 15.2 Å². The lowest BCUT2D eigenvalue weighted by atomic mass is 10.3. The Kier molecular flexibility index (Phi) is 2.50. The molecule has 0 aliphatic carbocycles. The minimum Gasteiger partial charge on any atom is -0.358 e. The summed E-state index contributed by atoms with van der Waals surface area (Å²) in [4.78, 5) is 14.0. The van der Waals surface area contributed by atoms with Gasteiger partial charge in [0.25, 0.3) is 5.82 Å². The van der Waals surface area contributed by atoms with Crippen molar-refractivity contribution in [3.8, 4) is 0 Å². The first-order chi connectivity index (χ1) is 7.18. The molecule has 0 unspecified atom stereocenters. The van der Waals surface area contributed by atoms with E-state index in [1.807, 2.05) is 11.9 Å². The summed E-state index contributed by atoms with van der Waals surface area (Å²) in [6.45, 7) is 3.10. The van der Waals surface area contributed by atoms with Crippen molar-refractivity contribution in [3.05, 3.63) is 10.1 Å². The molecule has 0 bridgehead atoms. The third-order valence-corrected chi connectivity index (χ3v) is 2.43. The molecule has 0 radical (unpaired) electrons. The Hall–Kier alpha value is -1.70. The average molecular weight is 213 g/mol. The number of hydrogen-bond acceptors (Lipinski definition) is 7. The van der Waals surface area contributed by atoms with E-state index in [4.69, 9.17) is 0 Å². The first-order valence-electron chi connectivity index (χ1n) is 4.59. The monoisotopic (exact) mass is 213 g/mol. The molecule has 0 spiro atoms. The summed E-state index contributed by atoms with van der Waals surface area (Å²) in [5.41, 5.74) is 0. The van der Waals surface area contributed by atoms with Crippen LogP contribution in [0.4, 0.5) is 11.6 Å².